The minimum Gasteiger partial charge on any atom is -0.317 e. The molecule has 0 radical (unpaired) electrons. The van der Waals surface area contributed by atoms with E-state index in [9.17, 15) is 4.79 Å². The Morgan fingerprint density at radius 1 is 1.33 bits per heavy atom. The molecule has 0 aromatic carbocycles. The van der Waals surface area contributed by atoms with E-state index in [1.165, 1.54) is 0 Å². The summed E-state index contributed by atoms with van der Waals surface area (Å²) < 4.78 is 1.77. The first kappa shape index (κ1) is 12.8. The van der Waals surface area contributed by atoms with Crippen LogP contribution in [0.15, 0.2) is 18.3 Å². The molecule has 2 saturated heterocycles. The number of hydrogen-bond acceptors (Lipinski definition) is 4. The number of carbonyl (C=O) groups excluding carboxylic acids is 1. The van der Waals surface area contributed by atoms with Gasteiger partial charge in [-0.15, -0.1) is 0 Å². The molecule has 2 aromatic rings. The van der Waals surface area contributed by atoms with Gasteiger partial charge in [0.15, 0.2) is 5.65 Å². The van der Waals surface area contributed by atoms with E-state index in [2.05, 4.69) is 15.4 Å². The molecule has 6 heteroatoms. The maximum Gasteiger partial charge on any atom is 0.228 e. The lowest BCUT2D eigenvalue weighted by Crippen LogP contribution is -2.39. The van der Waals surface area contributed by atoms with Crippen LogP contribution >= 0.6 is 0 Å². The minimum absolute atomic E-state index is 0.138. The van der Waals surface area contributed by atoms with Crippen molar-refractivity contribution in [3.05, 3.63) is 24.0 Å². The summed E-state index contributed by atoms with van der Waals surface area (Å²) >= 11 is 0. The van der Waals surface area contributed by atoms with Crippen molar-refractivity contribution < 1.29 is 4.79 Å². The fourth-order valence-corrected chi connectivity index (χ4v) is 3.61. The molecule has 0 atom stereocenters. The Bertz CT molecular complexity index is 701. The first-order valence-corrected chi connectivity index (χ1v) is 7.49. The lowest BCUT2D eigenvalue weighted by molar-refractivity contribution is -0.118. The quantitative estimate of drug-likeness (QED) is 0.853. The van der Waals surface area contributed by atoms with Crippen LogP contribution < -0.4 is 10.2 Å². The van der Waals surface area contributed by atoms with Crippen LogP contribution in [0.4, 0.5) is 5.82 Å². The first-order valence-electron chi connectivity index (χ1n) is 7.49. The average molecular weight is 285 g/mol. The van der Waals surface area contributed by atoms with Crippen LogP contribution in [0.3, 0.4) is 0 Å². The Hall–Kier alpha value is -1.95. The third-order valence-corrected chi connectivity index (χ3v) is 4.73. The van der Waals surface area contributed by atoms with Crippen LogP contribution in [-0.2, 0) is 4.79 Å². The highest BCUT2D eigenvalue weighted by Gasteiger charge is 2.44. The molecule has 4 rings (SSSR count). The van der Waals surface area contributed by atoms with Gasteiger partial charge in [-0.25, -0.2) is 4.98 Å². The van der Waals surface area contributed by atoms with E-state index >= 15 is 0 Å². The molecule has 4 heterocycles. The normalized spacial score (nSPS) is 21.6. The predicted octanol–water partition coefficient (Wildman–Crippen LogP) is 1.14. The van der Waals surface area contributed by atoms with Gasteiger partial charge in [-0.2, -0.15) is 9.61 Å². The third kappa shape index (κ3) is 2.01. The van der Waals surface area contributed by atoms with Crippen LogP contribution in [-0.4, -0.2) is 40.1 Å². The number of piperidine rings is 1. The topological polar surface area (TPSA) is 62.5 Å². The highest BCUT2D eigenvalue weighted by atomic mass is 16.2. The SMILES string of the molecule is Cc1cc(N2CC3(CCNCC3)CC2=O)n2nccc2n1. The van der Waals surface area contributed by atoms with Crippen molar-refractivity contribution in [3.63, 3.8) is 0 Å². The van der Waals surface area contributed by atoms with Crippen molar-refractivity contribution in [1.82, 2.24) is 19.9 Å². The maximum absolute atomic E-state index is 12.6. The number of rotatable bonds is 1. The number of nitrogens with one attached hydrogen (secondary N) is 1. The molecule has 0 bridgehead atoms. The highest BCUT2D eigenvalue weighted by molar-refractivity contribution is 5.95. The van der Waals surface area contributed by atoms with Gasteiger partial charge in [0.05, 0.1) is 6.20 Å². The summed E-state index contributed by atoms with van der Waals surface area (Å²) in [5.74, 6) is 1.06. The van der Waals surface area contributed by atoms with Gasteiger partial charge < -0.3 is 5.32 Å². The molecule has 110 valence electrons. The largest absolute Gasteiger partial charge is 0.317 e. The van der Waals surface area contributed by atoms with Gasteiger partial charge in [0.25, 0.3) is 0 Å². The molecule has 2 aliphatic heterocycles. The van der Waals surface area contributed by atoms with Gasteiger partial charge in [-0.05, 0) is 38.3 Å². The first-order chi connectivity index (χ1) is 10.2. The van der Waals surface area contributed by atoms with Crippen molar-refractivity contribution in [2.75, 3.05) is 24.5 Å². The smallest absolute Gasteiger partial charge is 0.228 e. The summed E-state index contributed by atoms with van der Waals surface area (Å²) in [6.45, 7) is 4.77. The Morgan fingerprint density at radius 2 is 2.14 bits per heavy atom. The van der Waals surface area contributed by atoms with Crippen LogP contribution in [0.1, 0.15) is 25.0 Å². The van der Waals surface area contributed by atoms with Gasteiger partial charge in [0.2, 0.25) is 5.91 Å². The van der Waals surface area contributed by atoms with E-state index in [-0.39, 0.29) is 11.3 Å². The second kappa shape index (κ2) is 4.53. The van der Waals surface area contributed by atoms with Crippen LogP contribution in [0.25, 0.3) is 5.65 Å². The van der Waals surface area contributed by atoms with Crippen LogP contribution in [0.2, 0.25) is 0 Å². The van der Waals surface area contributed by atoms with Crippen LogP contribution in [0, 0.1) is 12.3 Å². The molecule has 0 unspecified atom stereocenters. The Kier molecular flexibility index (Phi) is 2.75. The molecule has 1 spiro atoms. The van der Waals surface area contributed by atoms with Crippen molar-refractivity contribution in [2.24, 2.45) is 5.41 Å². The number of hydrogen-bond donors (Lipinski definition) is 1. The number of anilines is 1. The van der Waals surface area contributed by atoms with Gasteiger partial charge in [-0.1, -0.05) is 0 Å². The number of nitrogens with zero attached hydrogens (tertiary/aromatic N) is 4. The minimum atomic E-state index is 0.138. The van der Waals surface area contributed by atoms with Crippen molar-refractivity contribution in [1.29, 1.82) is 0 Å². The molecule has 0 aliphatic carbocycles. The average Bonchev–Trinajstić information content (AvgIpc) is 3.04. The van der Waals surface area contributed by atoms with Gasteiger partial charge in [0.1, 0.15) is 5.82 Å². The number of amides is 1. The van der Waals surface area contributed by atoms with Gasteiger partial charge >= 0.3 is 0 Å². The summed E-state index contributed by atoms with van der Waals surface area (Å²) in [5, 5.41) is 7.70. The third-order valence-electron chi connectivity index (χ3n) is 4.73. The molecule has 0 saturated carbocycles. The molecule has 2 fully saturated rings. The zero-order valence-electron chi connectivity index (χ0n) is 12.2. The van der Waals surface area contributed by atoms with Crippen molar-refractivity contribution >= 4 is 17.4 Å². The van der Waals surface area contributed by atoms with Crippen molar-refractivity contribution in [2.45, 2.75) is 26.2 Å². The second-order valence-corrected chi connectivity index (χ2v) is 6.26. The van der Waals surface area contributed by atoms with Gasteiger partial charge in [-0.3, -0.25) is 9.69 Å². The Balaban J connectivity index is 1.75. The molecular weight excluding hydrogens is 266 g/mol. The Morgan fingerprint density at radius 3 is 2.95 bits per heavy atom. The number of aryl methyl sites for hydroxylation is 1. The fraction of sp³-hybridized carbons (Fsp3) is 0.533. The monoisotopic (exact) mass is 285 g/mol. The lowest BCUT2D eigenvalue weighted by Gasteiger charge is -2.33. The van der Waals surface area contributed by atoms with Crippen molar-refractivity contribution in [3.8, 4) is 0 Å². The second-order valence-electron chi connectivity index (χ2n) is 6.26. The summed E-state index contributed by atoms with van der Waals surface area (Å²) in [6, 6.07) is 3.83. The Labute approximate surface area is 123 Å². The number of aromatic nitrogens is 3. The van der Waals surface area contributed by atoms with Gasteiger partial charge in [0, 0.05) is 30.8 Å². The molecule has 6 nitrogen and oxygen atoms in total. The summed E-state index contributed by atoms with van der Waals surface area (Å²) in [5.41, 5.74) is 1.85. The molecule has 1 amide bonds. The highest BCUT2D eigenvalue weighted by Crippen LogP contribution is 2.41. The van der Waals surface area contributed by atoms with Crippen LogP contribution in [0.5, 0.6) is 0 Å². The lowest BCUT2D eigenvalue weighted by atomic mass is 9.78. The molecule has 2 aromatic heterocycles. The zero-order chi connectivity index (χ0) is 14.4. The van der Waals surface area contributed by atoms with E-state index in [1.807, 2.05) is 24.0 Å². The predicted molar refractivity (Wildman–Crippen MR) is 79.2 cm³/mol. The maximum atomic E-state index is 12.6. The number of carbonyl (C=O) groups is 1. The van der Waals surface area contributed by atoms with E-state index in [0.29, 0.717) is 6.42 Å². The molecule has 2 aliphatic rings. The van der Waals surface area contributed by atoms with E-state index in [1.54, 1.807) is 10.7 Å². The molecule has 21 heavy (non-hydrogen) atoms. The van der Waals surface area contributed by atoms with E-state index in [0.717, 1.165) is 49.6 Å². The summed E-state index contributed by atoms with van der Waals surface area (Å²) in [7, 11) is 0. The summed E-state index contributed by atoms with van der Waals surface area (Å²) in [6.07, 6.45) is 4.52. The molecular formula is C15H19N5O. The number of fused-ring (bicyclic) bond motifs is 1. The zero-order valence-corrected chi connectivity index (χ0v) is 12.2. The molecule has 1 N–H and O–H groups in total. The standard InChI is InChI=1S/C15H19N5O/c1-11-8-13(20-12(18-11)2-5-17-20)19-10-15(9-14(19)21)3-6-16-7-4-15/h2,5,8,16H,3-4,6-7,9-10H2,1H3. The fourth-order valence-electron chi connectivity index (χ4n) is 3.61. The summed E-state index contributed by atoms with van der Waals surface area (Å²) in [4.78, 5) is 18.9. The van der Waals surface area contributed by atoms with E-state index in [4.69, 9.17) is 0 Å². The van der Waals surface area contributed by atoms with E-state index < -0.39 is 0 Å².